The van der Waals surface area contributed by atoms with Gasteiger partial charge in [-0.05, 0) is 25.0 Å². The molecule has 2 atom stereocenters. The number of ether oxygens (including phenoxy) is 1. The maximum atomic E-state index is 8.90. The Hall–Kier alpha value is -1.09. The van der Waals surface area contributed by atoms with Crippen LogP contribution in [-0.2, 0) is 11.2 Å². The molecule has 0 aromatic carbocycles. The van der Waals surface area contributed by atoms with Crippen LogP contribution in [0.4, 0.5) is 0 Å². The molecular formula is C16H21N3OS. The molecule has 0 unspecified atom stereocenters. The van der Waals surface area contributed by atoms with Gasteiger partial charge in [0.25, 0.3) is 0 Å². The average Bonchev–Trinajstić information content (AvgIpc) is 2.95. The summed E-state index contributed by atoms with van der Waals surface area (Å²) in [5.74, 6) is 2.50. The lowest BCUT2D eigenvalue weighted by molar-refractivity contribution is 0.0247. The smallest absolute Gasteiger partial charge is 0.140 e. The summed E-state index contributed by atoms with van der Waals surface area (Å²) in [7, 11) is 0. The first-order chi connectivity index (χ1) is 10.3. The lowest BCUT2D eigenvalue weighted by Crippen LogP contribution is -2.38. The molecular weight excluding hydrogens is 282 g/mol. The van der Waals surface area contributed by atoms with Crippen molar-refractivity contribution in [1.29, 1.82) is 5.26 Å². The lowest BCUT2D eigenvalue weighted by Gasteiger charge is -2.28. The molecule has 0 radical (unpaired) electrons. The van der Waals surface area contributed by atoms with Gasteiger partial charge in [-0.3, -0.25) is 4.90 Å². The van der Waals surface area contributed by atoms with E-state index in [2.05, 4.69) is 16.0 Å². The van der Waals surface area contributed by atoms with Gasteiger partial charge in [0.05, 0.1) is 12.2 Å². The Bertz CT molecular complexity index is 510. The zero-order chi connectivity index (χ0) is 14.5. The third-order valence-corrected chi connectivity index (χ3v) is 5.06. The summed E-state index contributed by atoms with van der Waals surface area (Å²) < 4.78 is 6.17. The van der Waals surface area contributed by atoms with Crippen LogP contribution in [0, 0.1) is 11.3 Å². The van der Waals surface area contributed by atoms with Gasteiger partial charge in [0.15, 0.2) is 0 Å². The highest BCUT2D eigenvalue weighted by Crippen LogP contribution is 2.24. The van der Waals surface area contributed by atoms with E-state index in [-0.39, 0.29) is 6.10 Å². The second-order valence-electron chi connectivity index (χ2n) is 5.70. The van der Waals surface area contributed by atoms with Crippen molar-refractivity contribution in [3.05, 3.63) is 29.6 Å². The van der Waals surface area contributed by atoms with E-state index < -0.39 is 0 Å². The summed E-state index contributed by atoms with van der Waals surface area (Å²) in [5, 5.41) is 8.90. The highest BCUT2D eigenvalue weighted by molar-refractivity contribution is 7.99. The minimum Gasteiger partial charge on any atom is -0.373 e. The maximum absolute atomic E-state index is 8.90. The Morgan fingerprint density at radius 1 is 1.29 bits per heavy atom. The fraction of sp³-hybridized carbons (Fsp3) is 0.625. The van der Waals surface area contributed by atoms with E-state index in [1.165, 1.54) is 24.6 Å². The van der Waals surface area contributed by atoms with Crippen molar-refractivity contribution in [2.24, 2.45) is 0 Å². The Morgan fingerprint density at radius 2 is 2.10 bits per heavy atom. The molecule has 0 saturated carbocycles. The summed E-state index contributed by atoms with van der Waals surface area (Å²) in [6.45, 7) is 3.46. The molecule has 1 aromatic rings. The Kier molecular flexibility index (Phi) is 5.13. The predicted molar refractivity (Wildman–Crippen MR) is 84.3 cm³/mol. The highest BCUT2D eigenvalue weighted by atomic mass is 32.2. The van der Waals surface area contributed by atoms with Crippen molar-refractivity contribution in [2.45, 2.75) is 31.5 Å². The van der Waals surface area contributed by atoms with Crippen molar-refractivity contribution in [3.8, 4) is 6.07 Å². The van der Waals surface area contributed by atoms with Gasteiger partial charge in [-0.2, -0.15) is 17.0 Å². The van der Waals surface area contributed by atoms with Gasteiger partial charge in [0.1, 0.15) is 11.8 Å². The Labute approximate surface area is 130 Å². The standard InChI is InChI=1S/C16H21N3OS/c17-11-14-3-1-2-13(18-14)10-15-4-5-16(20-15)12-19-6-8-21-9-7-19/h1-3,15-16H,4-10,12H2/t15-,16+/m0/s1. The first-order valence-electron chi connectivity index (χ1n) is 7.65. The molecule has 0 N–H and O–H groups in total. The van der Waals surface area contributed by atoms with Gasteiger partial charge in [-0.1, -0.05) is 6.07 Å². The molecule has 3 heterocycles. The summed E-state index contributed by atoms with van der Waals surface area (Å²) >= 11 is 2.05. The van der Waals surface area contributed by atoms with Gasteiger partial charge in [-0.25, -0.2) is 4.98 Å². The van der Waals surface area contributed by atoms with Crippen molar-refractivity contribution in [2.75, 3.05) is 31.1 Å². The molecule has 0 bridgehead atoms. The van der Waals surface area contributed by atoms with E-state index in [0.29, 0.717) is 11.8 Å². The second-order valence-corrected chi connectivity index (χ2v) is 6.93. The lowest BCUT2D eigenvalue weighted by atomic mass is 10.1. The highest BCUT2D eigenvalue weighted by Gasteiger charge is 2.27. The maximum Gasteiger partial charge on any atom is 0.140 e. The molecule has 2 fully saturated rings. The molecule has 112 valence electrons. The molecule has 21 heavy (non-hydrogen) atoms. The van der Waals surface area contributed by atoms with Gasteiger partial charge < -0.3 is 4.74 Å². The van der Waals surface area contributed by atoms with Gasteiger partial charge >= 0.3 is 0 Å². The van der Waals surface area contributed by atoms with Crippen LogP contribution in [0.25, 0.3) is 0 Å². The van der Waals surface area contributed by atoms with E-state index in [4.69, 9.17) is 10.00 Å². The predicted octanol–water partition coefficient (Wildman–Crippen LogP) is 2.09. The summed E-state index contributed by atoms with van der Waals surface area (Å²) in [6.07, 6.45) is 3.70. The van der Waals surface area contributed by atoms with Crippen molar-refractivity contribution in [1.82, 2.24) is 9.88 Å². The third kappa shape index (κ3) is 4.19. The first kappa shape index (κ1) is 14.8. The van der Waals surface area contributed by atoms with Crippen LogP contribution >= 0.6 is 11.8 Å². The monoisotopic (exact) mass is 303 g/mol. The zero-order valence-corrected chi connectivity index (χ0v) is 13.0. The molecule has 0 aliphatic carbocycles. The van der Waals surface area contributed by atoms with Crippen molar-refractivity contribution in [3.63, 3.8) is 0 Å². The van der Waals surface area contributed by atoms with Crippen LogP contribution in [0.5, 0.6) is 0 Å². The van der Waals surface area contributed by atoms with Crippen LogP contribution in [0.1, 0.15) is 24.2 Å². The number of rotatable bonds is 4. The second kappa shape index (κ2) is 7.26. The fourth-order valence-electron chi connectivity index (χ4n) is 3.03. The number of nitrogens with zero attached hydrogens (tertiary/aromatic N) is 3. The van der Waals surface area contributed by atoms with Gasteiger partial charge in [0.2, 0.25) is 0 Å². The average molecular weight is 303 g/mol. The molecule has 1 aromatic heterocycles. The quantitative estimate of drug-likeness (QED) is 0.852. The number of aromatic nitrogens is 1. The van der Waals surface area contributed by atoms with E-state index in [9.17, 15) is 0 Å². The molecule has 2 saturated heterocycles. The van der Waals surface area contributed by atoms with E-state index in [1.807, 2.05) is 23.9 Å². The van der Waals surface area contributed by atoms with Crippen LogP contribution in [-0.4, -0.2) is 53.2 Å². The van der Waals surface area contributed by atoms with E-state index >= 15 is 0 Å². The minimum atomic E-state index is 0.260. The number of hydrogen-bond donors (Lipinski definition) is 0. The summed E-state index contributed by atoms with van der Waals surface area (Å²) in [5.41, 5.74) is 1.46. The molecule has 3 rings (SSSR count). The zero-order valence-electron chi connectivity index (χ0n) is 12.2. The summed E-state index contributed by atoms with van der Waals surface area (Å²) in [4.78, 5) is 6.87. The van der Waals surface area contributed by atoms with E-state index in [0.717, 1.165) is 31.5 Å². The minimum absolute atomic E-state index is 0.260. The van der Waals surface area contributed by atoms with Gasteiger partial charge in [0, 0.05) is 43.3 Å². The van der Waals surface area contributed by atoms with Crippen molar-refractivity contribution >= 4 is 11.8 Å². The topological polar surface area (TPSA) is 49.2 Å². The normalized spacial score (nSPS) is 26.6. The third-order valence-electron chi connectivity index (χ3n) is 4.12. The molecule has 0 amide bonds. The van der Waals surface area contributed by atoms with Gasteiger partial charge in [-0.15, -0.1) is 0 Å². The van der Waals surface area contributed by atoms with Crippen LogP contribution < -0.4 is 0 Å². The number of thioether (sulfide) groups is 1. The molecule has 0 spiro atoms. The Morgan fingerprint density at radius 3 is 2.90 bits per heavy atom. The number of hydrogen-bond acceptors (Lipinski definition) is 5. The SMILES string of the molecule is N#Cc1cccc(C[C@@H]2CC[C@H](CN3CCSCC3)O2)n1. The van der Waals surface area contributed by atoms with E-state index in [1.54, 1.807) is 6.07 Å². The molecule has 2 aliphatic rings. The first-order valence-corrected chi connectivity index (χ1v) is 8.80. The number of nitriles is 1. The molecule has 4 nitrogen and oxygen atoms in total. The molecule has 5 heteroatoms. The van der Waals surface area contributed by atoms with Crippen LogP contribution in [0.3, 0.4) is 0 Å². The van der Waals surface area contributed by atoms with Crippen LogP contribution in [0.2, 0.25) is 0 Å². The number of pyridine rings is 1. The molecule has 2 aliphatic heterocycles. The van der Waals surface area contributed by atoms with Crippen LogP contribution in [0.15, 0.2) is 18.2 Å². The Balaban J connectivity index is 1.49. The van der Waals surface area contributed by atoms with Crippen molar-refractivity contribution < 1.29 is 4.74 Å². The largest absolute Gasteiger partial charge is 0.373 e. The fourth-order valence-corrected chi connectivity index (χ4v) is 4.00. The summed E-state index contributed by atoms with van der Waals surface area (Å²) in [6, 6.07) is 7.73.